The number of piperidine rings is 1. The van der Waals surface area contributed by atoms with Crippen molar-refractivity contribution in [2.24, 2.45) is 0 Å². The van der Waals surface area contributed by atoms with Crippen LogP contribution in [0, 0.1) is 0 Å². The molecule has 2 heterocycles. The molecule has 0 saturated carbocycles. The fourth-order valence-electron chi connectivity index (χ4n) is 2.60. The van der Waals surface area contributed by atoms with Gasteiger partial charge in [-0.3, -0.25) is 0 Å². The Morgan fingerprint density at radius 2 is 2.26 bits per heavy atom. The molecule has 0 radical (unpaired) electrons. The summed E-state index contributed by atoms with van der Waals surface area (Å²) < 4.78 is 27.1. The molecule has 1 N–H and O–H groups in total. The van der Waals surface area contributed by atoms with E-state index in [-0.39, 0.29) is 11.1 Å². The highest BCUT2D eigenvalue weighted by Gasteiger charge is 2.34. The van der Waals surface area contributed by atoms with Crippen LogP contribution in [0.4, 0.5) is 5.69 Å². The fraction of sp³-hybridized carbons (Fsp3) is 0.615. The molecule has 1 aromatic rings. The fourth-order valence-corrected chi connectivity index (χ4v) is 4.48. The Bertz CT molecular complexity index is 530. The lowest BCUT2D eigenvalue weighted by atomic mass is 10.0. The van der Waals surface area contributed by atoms with Crippen molar-refractivity contribution >= 4 is 15.7 Å². The van der Waals surface area contributed by atoms with Gasteiger partial charge in [-0.25, -0.2) is 13.4 Å². The van der Waals surface area contributed by atoms with Crippen molar-refractivity contribution < 1.29 is 8.42 Å². The molecule has 0 aliphatic carbocycles. The molecule has 1 atom stereocenters. The van der Waals surface area contributed by atoms with E-state index in [0.29, 0.717) is 12.2 Å². The molecule has 1 aliphatic heterocycles. The maximum Gasteiger partial charge on any atom is 0.262 e. The number of sulfonamides is 1. The predicted molar refractivity (Wildman–Crippen MR) is 75.6 cm³/mol. The lowest BCUT2D eigenvalue weighted by Crippen LogP contribution is -2.43. The van der Waals surface area contributed by atoms with Crippen LogP contribution >= 0.6 is 0 Å². The normalized spacial score (nSPS) is 21.3. The Kier molecular flexibility index (Phi) is 4.42. The largest absolute Gasteiger partial charge is 0.386 e. The average molecular weight is 283 g/mol. The average Bonchev–Trinajstić information content (AvgIpc) is 2.47. The van der Waals surface area contributed by atoms with Crippen molar-refractivity contribution in [3.63, 3.8) is 0 Å². The second-order valence-electron chi connectivity index (χ2n) is 4.78. The maximum absolute atomic E-state index is 12.8. The predicted octanol–water partition coefficient (Wildman–Crippen LogP) is 2.08. The van der Waals surface area contributed by atoms with E-state index in [2.05, 4.69) is 10.3 Å². The maximum atomic E-state index is 12.8. The van der Waals surface area contributed by atoms with Gasteiger partial charge in [-0.15, -0.1) is 0 Å². The number of aromatic nitrogens is 1. The van der Waals surface area contributed by atoms with Gasteiger partial charge in [-0.1, -0.05) is 13.3 Å². The van der Waals surface area contributed by atoms with Crippen LogP contribution in [0.25, 0.3) is 0 Å². The summed E-state index contributed by atoms with van der Waals surface area (Å²) >= 11 is 0. The van der Waals surface area contributed by atoms with Gasteiger partial charge >= 0.3 is 0 Å². The van der Waals surface area contributed by atoms with Gasteiger partial charge in [0.05, 0.1) is 5.69 Å². The van der Waals surface area contributed by atoms with Crippen molar-refractivity contribution in [3.05, 3.63) is 18.3 Å². The third-order valence-electron chi connectivity index (χ3n) is 3.64. The molecule has 106 valence electrons. The van der Waals surface area contributed by atoms with Gasteiger partial charge in [-0.2, -0.15) is 4.31 Å². The van der Waals surface area contributed by atoms with E-state index in [1.54, 1.807) is 23.5 Å². The van der Waals surface area contributed by atoms with Crippen molar-refractivity contribution in [3.8, 4) is 0 Å². The Morgan fingerprint density at radius 3 is 2.95 bits per heavy atom. The molecular formula is C13H21N3O2S. The van der Waals surface area contributed by atoms with Gasteiger partial charge in [0.15, 0.2) is 5.03 Å². The quantitative estimate of drug-likeness (QED) is 0.919. The number of pyridine rings is 1. The smallest absolute Gasteiger partial charge is 0.262 e. The van der Waals surface area contributed by atoms with E-state index < -0.39 is 10.0 Å². The van der Waals surface area contributed by atoms with Gasteiger partial charge in [-0.05, 0) is 31.4 Å². The summed E-state index contributed by atoms with van der Waals surface area (Å²) in [5, 5.41) is 3.04. The standard InChI is InChI=1S/C13H21N3O2S/c1-3-11-7-4-5-10-16(11)19(17,18)13-12(14-2)8-6-9-15-13/h6,8-9,11,14H,3-5,7,10H2,1-2H3. The van der Waals surface area contributed by atoms with Crippen LogP contribution in [-0.4, -0.2) is 37.3 Å². The number of hydrogen-bond donors (Lipinski definition) is 1. The molecule has 0 amide bonds. The van der Waals surface area contributed by atoms with Gasteiger partial charge in [0.1, 0.15) is 0 Å². The van der Waals surface area contributed by atoms with Crippen LogP contribution < -0.4 is 5.32 Å². The summed E-state index contributed by atoms with van der Waals surface area (Å²) in [6, 6.07) is 3.58. The minimum absolute atomic E-state index is 0.102. The zero-order chi connectivity index (χ0) is 13.9. The lowest BCUT2D eigenvalue weighted by molar-refractivity contribution is 0.246. The molecule has 5 nitrogen and oxygen atoms in total. The second kappa shape index (κ2) is 5.88. The minimum Gasteiger partial charge on any atom is -0.386 e. The van der Waals surface area contributed by atoms with Crippen LogP contribution in [0.2, 0.25) is 0 Å². The van der Waals surface area contributed by atoms with E-state index in [1.165, 1.54) is 6.20 Å². The summed E-state index contributed by atoms with van der Waals surface area (Å²) in [6.07, 6.45) is 5.35. The third-order valence-corrected chi connectivity index (χ3v) is 5.55. The zero-order valence-corrected chi connectivity index (χ0v) is 12.3. The summed E-state index contributed by atoms with van der Waals surface area (Å²) in [7, 11) is -1.79. The SMILES string of the molecule is CCC1CCCCN1S(=O)(=O)c1ncccc1NC. The van der Waals surface area contributed by atoms with Gasteiger partial charge in [0, 0.05) is 25.8 Å². The molecule has 0 spiro atoms. The summed E-state index contributed by atoms with van der Waals surface area (Å²) in [5.74, 6) is 0. The molecule has 0 aromatic carbocycles. The van der Waals surface area contributed by atoms with E-state index in [0.717, 1.165) is 25.7 Å². The molecular weight excluding hydrogens is 262 g/mol. The molecule has 1 unspecified atom stereocenters. The molecule has 1 saturated heterocycles. The highest BCUT2D eigenvalue weighted by molar-refractivity contribution is 7.89. The minimum atomic E-state index is -3.51. The van der Waals surface area contributed by atoms with E-state index in [1.807, 2.05) is 6.92 Å². The number of anilines is 1. The first-order valence-corrected chi connectivity index (χ1v) is 8.20. The monoisotopic (exact) mass is 283 g/mol. The van der Waals surface area contributed by atoms with Gasteiger partial charge in [0.25, 0.3) is 10.0 Å². The molecule has 1 fully saturated rings. The van der Waals surface area contributed by atoms with Crippen molar-refractivity contribution in [2.45, 2.75) is 43.7 Å². The van der Waals surface area contributed by atoms with Crippen molar-refractivity contribution in [1.29, 1.82) is 0 Å². The zero-order valence-electron chi connectivity index (χ0n) is 11.5. The topological polar surface area (TPSA) is 62.3 Å². The Hall–Kier alpha value is -1.14. The molecule has 19 heavy (non-hydrogen) atoms. The summed E-state index contributed by atoms with van der Waals surface area (Å²) in [4.78, 5) is 4.07. The Balaban J connectivity index is 2.40. The third kappa shape index (κ3) is 2.74. The molecule has 6 heteroatoms. The van der Waals surface area contributed by atoms with Crippen LogP contribution in [0.5, 0.6) is 0 Å². The number of hydrogen-bond acceptors (Lipinski definition) is 4. The van der Waals surface area contributed by atoms with Gasteiger partial charge in [0.2, 0.25) is 0 Å². The lowest BCUT2D eigenvalue weighted by Gasteiger charge is -2.34. The molecule has 1 aromatic heterocycles. The molecule has 0 bridgehead atoms. The molecule has 1 aliphatic rings. The van der Waals surface area contributed by atoms with E-state index >= 15 is 0 Å². The molecule has 2 rings (SSSR count). The van der Waals surface area contributed by atoms with E-state index in [4.69, 9.17) is 0 Å². The highest BCUT2D eigenvalue weighted by Crippen LogP contribution is 2.28. The van der Waals surface area contributed by atoms with Crippen LogP contribution in [0.15, 0.2) is 23.4 Å². The first kappa shape index (κ1) is 14.3. The highest BCUT2D eigenvalue weighted by atomic mass is 32.2. The summed E-state index contributed by atoms with van der Waals surface area (Å²) in [6.45, 7) is 2.64. The van der Waals surface area contributed by atoms with Crippen molar-refractivity contribution in [1.82, 2.24) is 9.29 Å². The van der Waals surface area contributed by atoms with Crippen LogP contribution in [-0.2, 0) is 10.0 Å². The Morgan fingerprint density at radius 1 is 1.47 bits per heavy atom. The number of rotatable bonds is 4. The van der Waals surface area contributed by atoms with E-state index in [9.17, 15) is 8.42 Å². The summed E-state index contributed by atoms with van der Waals surface area (Å²) in [5.41, 5.74) is 0.558. The Labute approximate surface area is 115 Å². The van der Waals surface area contributed by atoms with Gasteiger partial charge < -0.3 is 5.32 Å². The number of nitrogens with one attached hydrogen (secondary N) is 1. The second-order valence-corrected chi connectivity index (χ2v) is 6.59. The first-order chi connectivity index (χ1) is 9.11. The first-order valence-electron chi connectivity index (χ1n) is 6.76. The van der Waals surface area contributed by atoms with Crippen LogP contribution in [0.3, 0.4) is 0 Å². The number of nitrogens with zero attached hydrogens (tertiary/aromatic N) is 2. The van der Waals surface area contributed by atoms with Crippen molar-refractivity contribution in [2.75, 3.05) is 18.9 Å². The van der Waals surface area contributed by atoms with Crippen LogP contribution in [0.1, 0.15) is 32.6 Å².